The number of para-hydroxylation sites is 1. The minimum Gasteiger partial charge on any atom is -0.366 e. The van der Waals surface area contributed by atoms with Gasteiger partial charge in [0, 0.05) is 27.7 Å². The molecule has 0 radical (unpaired) electrons. The molecule has 1 atom stereocenters. The van der Waals surface area contributed by atoms with E-state index >= 15 is 0 Å². The molecule has 1 unspecified atom stereocenters. The van der Waals surface area contributed by atoms with Gasteiger partial charge in [-0.25, -0.2) is 0 Å². The van der Waals surface area contributed by atoms with Crippen molar-refractivity contribution in [3.63, 3.8) is 0 Å². The summed E-state index contributed by atoms with van der Waals surface area (Å²) in [5.41, 5.74) is 6.95. The van der Waals surface area contributed by atoms with E-state index in [9.17, 15) is 0 Å². The molecule has 1 aliphatic heterocycles. The van der Waals surface area contributed by atoms with E-state index in [2.05, 4.69) is 46.0 Å². The fraction of sp³-hybridized carbons (Fsp3) is 0.500. The molecule has 2 rings (SSSR count). The molecule has 1 aromatic rings. The molecule has 4 heteroatoms. The predicted octanol–water partition coefficient (Wildman–Crippen LogP) is 3.10. The molecular weight excluding hydrogens is 284 g/mol. The van der Waals surface area contributed by atoms with Crippen molar-refractivity contribution in [1.29, 1.82) is 0 Å². The van der Waals surface area contributed by atoms with Crippen molar-refractivity contribution in [1.82, 2.24) is 0 Å². The van der Waals surface area contributed by atoms with Crippen molar-refractivity contribution in [2.75, 3.05) is 23.7 Å². The summed E-state index contributed by atoms with van der Waals surface area (Å²) in [5, 5.41) is 0. The van der Waals surface area contributed by atoms with Crippen LogP contribution in [0, 0.1) is 0 Å². The minimum absolute atomic E-state index is 0.586. The SMILES string of the molecule is CC1CSc2cccc(Br)c2N1CCCN. The number of fused-ring (bicyclic) bond motifs is 1. The van der Waals surface area contributed by atoms with Crippen LogP contribution in [0.1, 0.15) is 13.3 Å². The topological polar surface area (TPSA) is 29.3 Å². The molecule has 0 bridgehead atoms. The molecular formula is C12H17BrN2S. The van der Waals surface area contributed by atoms with Crippen LogP contribution in [0.4, 0.5) is 5.69 Å². The van der Waals surface area contributed by atoms with Crippen LogP contribution in [0.2, 0.25) is 0 Å². The molecule has 0 saturated heterocycles. The average Bonchev–Trinajstić information content (AvgIpc) is 2.28. The lowest BCUT2D eigenvalue weighted by atomic mass is 10.2. The third-order valence-corrected chi connectivity index (χ3v) is 4.78. The van der Waals surface area contributed by atoms with Gasteiger partial charge in [-0.05, 0) is 48.0 Å². The minimum atomic E-state index is 0.586. The third-order valence-electron chi connectivity index (χ3n) is 2.85. The van der Waals surface area contributed by atoms with Gasteiger partial charge >= 0.3 is 0 Å². The van der Waals surface area contributed by atoms with Gasteiger partial charge in [0.2, 0.25) is 0 Å². The Morgan fingerprint density at radius 3 is 3.12 bits per heavy atom. The van der Waals surface area contributed by atoms with Gasteiger partial charge in [0.1, 0.15) is 0 Å². The third kappa shape index (κ3) is 2.39. The second kappa shape index (κ2) is 5.43. The van der Waals surface area contributed by atoms with Crippen molar-refractivity contribution in [3.8, 4) is 0 Å². The van der Waals surface area contributed by atoms with E-state index in [1.165, 1.54) is 15.1 Å². The van der Waals surface area contributed by atoms with E-state index in [1.54, 1.807) is 0 Å². The summed E-state index contributed by atoms with van der Waals surface area (Å²) in [5.74, 6) is 1.16. The van der Waals surface area contributed by atoms with E-state index in [0.29, 0.717) is 6.04 Å². The van der Waals surface area contributed by atoms with Crippen LogP contribution in [-0.2, 0) is 0 Å². The summed E-state index contributed by atoms with van der Waals surface area (Å²) >= 11 is 5.60. The Labute approximate surface area is 110 Å². The molecule has 2 N–H and O–H groups in total. The van der Waals surface area contributed by atoms with Gasteiger partial charge in [-0.1, -0.05) is 6.07 Å². The molecule has 0 spiro atoms. The van der Waals surface area contributed by atoms with E-state index < -0.39 is 0 Å². The van der Waals surface area contributed by atoms with Crippen LogP contribution in [0.25, 0.3) is 0 Å². The zero-order valence-corrected chi connectivity index (χ0v) is 11.9. The number of halogens is 1. The van der Waals surface area contributed by atoms with Crippen LogP contribution in [0.5, 0.6) is 0 Å². The average molecular weight is 301 g/mol. The summed E-state index contributed by atoms with van der Waals surface area (Å²) in [7, 11) is 0. The number of hydrogen-bond acceptors (Lipinski definition) is 3. The molecule has 2 nitrogen and oxygen atoms in total. The second-order valence-electron chi connectivity index (χ2n) is 4.08. The highest BCUT2D eigenvalue weighted by Gasteiger charge is 2.24. The van der Waals surface area contributed by atoms with Crippen LogP contribution in [0.15, 0.2) is 27.6 Å². The molecule has 0 aromatic heterocycles. The Hall–Kier alpha value is -0.190. The maximum atomic E-state index is 5.61. The molecule has 0 saturated carbocycles. The Bertz CT molecular complexity index is 370. The van der Waals surface area contributed by atoms with E-state index in [4.69, 9.17) is 5.73 Å². The number of hydrogen-bond donors (Lipinski definition) is 1. The fourth-order valence-electron chi connectivity index (χ4n) is 2.01. The van der Waals surface area contributed by atoms with Gasteiger partial charge in [-0.3, -0.25) is 0 Å². The standard InChI is InChI=1S/C12H17BrN2S/c1-9-8-16-11-5-2-4-10(13)12(11)15(9)7-3-6-14/h2,4-5,9H,3,6-8,14H2,1H3. The normalized spacial score (nSPS) is 19.7. The first kappa shape index (κ1) is 12.3. The first-order valence-corrected chi connectivity index (χ1v) is 7.40. The maximum Gasteiger partial charge on any atom is 0.0651 e. The summed E-state index contributed by atoms with van der Waals surface area (Å²) < 4.78 is 1.20. The van der Waals surface area contributed by atoms with Crippen molar-refractivity contribution in [2.24, 2.45) is 5.73 Å². The molecule has 88 valence electrons. The molecule has 1 heterocycles. The summed E-state index contributed by atoms with van der Waals surface area (Å²) in [6.45, 7) is 4.09. The fourth-order valence-corrected chi connectivity index (χ4v) is 3.87. The largest absolute Gasteiger partial charge is 0.366 e. The van der Waals surface area contributed by atoms with E-state index in [1.807, 2.05) is 11.8 Å². The van der Waals surface area contributed by atoms with Gasteiger partial charge in [-0.2, -0.15) is 0 Å². The quantitative estimate of drug-likeness (QED) is 0.930. The van der Waals surface area contributed by atoms with Crippen molar-refractivity contribution >= 4 is 33.4 Å². The molecule has 16 heavy (non-hydrogen) atoms. The van der Waals surface area contributed by atoms with Crippen molar-refractivity contribution in [3.05, 3.63) is 22.7 Å². The number of anilines is 1. The van der Waals surface area contributed by atoms with Crippen LogP contribution >= 0.6 is 27.7 Å². The number of benzene rings is 1. The number of nitrogens with two attached hydrogens (primary N) is 1. The highest BCUT2D eigenvalue weighted by molar-refractivity contribution is 9.10. The molecule has 0 fully saturated rings. The Morgan fingerprint density at radius 2 is 2.38 bits per heavy atom. The first-order chi connectivity index (χ1) is 7.74. The van der Waals surface area contributed by atoms with Crippen LogP contribution < -0.4 is 10.6 Å². The maximum absolute atomic E-state index is 5.61. The lowest BCUT2D eigenvalue weighted by Gasteiger charge is -2.37. The van der Waals surface area contributed by atoms with Crippen LogP contribution in [0.3, 0.4) is 0 Å². The molecule has 0 amide bonds. The Balaban J connectivity index is 2.31. The highest BCUT2D eigenvalue weighted by Crippen LogP contribution is 2.41. The zero-order valence-electron chi connectivity index (χ0n) is 9.45. The van der Waals surface area contributed by atoms with Crippen LogP contribution in [-0.4, -0.2) is 24.9 Å². The summed E-state index contributed by atoms with van der Waals surface area (Å²) in [6, 6.07) is 7.01. The predicted molar refractivity (Wildman–Crippen MR) is 75.3 cm³/mol. The van der Waals surface area contributed by atoms with Gasteiger partial charge in [0.25, 0.3) is 0 Å². The van der Waals surface area contributed by atoms with Gasteiger partial charge in [0.05, 0.1) is 5.69 Å². The number of nitrogens with zero attached hydrogens (tertiary/aromatic N) is 1. The first-order valence-electron chi connectivity index (χ1n) is 5.62. The second-order valence-corrected chi connectivity index (χ2v) is 6.00. The molecule has 1 aromatic carbocycles. The molecule has 0 aliphatic carbocycles. The van der Waals surface area contributed by atoms with Gasteiger partial charge in [0.15, 0.2) is 0 Å². The lowest BCUT2D eigenvalue weighted by molar-refractivity contribution is 0.650. The Kier molecular flexibility index (Phi) is 4.16. The monoisotopic (exact) mass is 300 g/mol. The van der Waals surface area contributed by atoms with Crippen molar-refractivity contribution < 1.29 is 0 Å². The lowest BCUT2D eigenvalue weighted by Crippen LogP contribution is -2.39. The highest BCUT2D eigenvalue weighted by atomic mass is 79.9. The van der Waals surface area contributed by atoms with E-state index in [-0.39, 0.29) is 0 Å². The zero-order chi connectivity index (χ0) is 11.5. The van der Waals surface area contributed by atoms with Crippen molar-refractivity contribution in [2.45, 2.75) is 24.3 Å². The Morgan fingerprint density at radius 1 is 1.56 bits per heavy atom. The summed E-state index contributed by atoms with van der Waals surface area (Å²) in [6.07, 6.45) is 1.05. The smallest absolute Gasteiger partial charge is 0.0651 e. The van der Waals surface area contributed by atoms with Gasteiger partial charge in [-0.15, -0.1) is 11.8 Å². The van der Waals surface area contributed by atoms with E-state index in [0.717, 1.165) is 25.3 Å². The number of rotatable bonds is 3. The van der Waals surface area contributed by atoms with Gasteiger partial charge < -0.3 is 10.6 Å². The summed E-state index contributed by atoms with van der Waals surface area (Å²) in [4.78, 5) is 3.85. The molecule has 1 aliphatic rings. The number of thioether (sulfide) groups is 1.